The van der Waals surface area contributed by atoms with Gasteiger partial charge in [-0.2, -0.15) is 0 Å². The number of hydrogen-bond acceptors (Lipinski definition) is 3. The van der Waals surface area contributed by atoms with Gasteiger partial charge < -0.3 is 5.32 Å². The average molecular weight is 298 g/mol. The van der Waals surface area contributed by atoms with E-state index in [0.717, 1.165) is 16.0 Å². The summed E-state index contributed by atoms with van der Waals surface area (Å²) >= 11 is 1.55. The van der Waals surface area contributed by atoms with Crippen molar-refractivity contribution >= 4 is 29.4 Å². The van der Waals surface area contributed by atoms with E-state index in [9.17, 15) is 9.59 Å². The molecule has 0 radical (unpaired) electrons. The average Bonchev–Trinajstić information content (AvgIpc) is 2.99. The van der Waals surface area contributed by atoms with Crippen LogP contribution in [0.2, 0.25) is 0 Å². The van der Waals surface area contributed by atoms with E-state index in [1.165, 1.54) is 4.90 Å². The van der Waals surface area contributed by atoms with Crippen molar-refractivity contribution in [2.24, 2.45) is 0 Å². The van der Waals surface area contributed by atoms with Gasteiger partial charge in [-0.3, -0.25) is 9.69 Å². The molecule has 1 aromatic carbocycles. The highest BCUT2D eigenvalue weighted by molar-refractivity contribution is 7.11. The molecule has 3 rings (SSSR count). The Hall–Kier alpha value is -2.40. The van der Waals surface area contributed by atoms with Crippen molar-refractivity contribution in [3.05, 3.63) is 63.5 Å². The minimum absolute atomic E-state index is 0.281. The van der Waals surface area contributed by atoms with Gasteiger partial charge in [-0.05, 0) is 35.6 Å². The maximum absolute atomic E-state index is 12.3. The molecule has 106 valence electrons. The van der Waals surface area contributed by atoms with E-state index >= 15 is 0 Å². The highest BCUT2D eigenvalue weighted by Crippen LogP contribution is 2.22. The fourth-order valence-electron chi connectivity index (χ4n) is 2.14. The second kappa shape index (κ2) is 5.54. The summed E-state index contributed by atoms with van der Waals surface area (Å²) in [7, 11) is 0. The van der Waals surface area contributed by atoms with Crippen LogP contribution >= 0.6 is 11.3 Å². The van der Waals surface area contributed by atoms with Crippen LogP contribution in [0.15, 0.2) is 47.5 Å². The summed E-state index contributed by atoms with van der Waals surface area (Å²) in [5.74, 6) is -0.281. The van der Waals surface area contributed by atoms with Crippen molar-refractivity contribution < 1.29 is 9.59 Å². The molecule has 0 spiro atoms. The number of amides is 3. The minimum atomic E-state index is -0.371. The summed E-state index contributed by atoms with van der Waals surface area (Å²) in [5, 5.41) is 4.61. The predicted octanol–water partition coefficient (Wildman–Crippen LogP) is 3.15. The van der Waals surface area contributed by atoms with Crippen molar-refractivity contribution in [3.63, 3.8) is 0 Å². The highest BCUT2D eigenvalue weighted by atomic mass is 32.1. The van der Waals surface area contributed by atoms with Crippen LogP contribution < -0.4 is 5.32 Å². The van der Waals surface area contributed by atoms with Gasteiger partial charge in [0.05, 0.1) is 6.54 Å². The SMILES string of the molecule is Cc1ccsc1/C=C1/NC(=O)N(Cc2ccccc2)C1=O. The molecule has 4 nitrogen and oxygen atoms in total. The number of aryl methyl sites for hydroxylation is 1. The zero-order valence-electron chi connectivity index (χ0n) is 11.5. The first kappa shape index (κ1) is 13.6. The van der Waals surface area contributed by atoms with Gasteiger partial charge in [0.25, 0.3) is 5.91 Å². The molecule has 0 atom stereocenters. The number of nitrogens with zero attached hydrogens (tertiary/aromatic N) is 1. The van der Waals surface area contributed by atoms with E-state index in [-0.39, 0.29) is 18.5 Å². The van der Waals surface area contributed by atoms with Gasteiger partial charge in [-0.15, -0.1) is 11.3 Å². The molecule has 1 fully saturated rings. The summed E-state index contributed by atoms with van der Waals surface area (Å²) in [4.78, 5) is 26.5. The van der Waals surface area contributed by atoms with Gasteiger partial charge in [0.1, 0.15) is 5.70 Å². The fraction of sp³-hybridized carbons (Fsp3) is 0.125. The quantitative estimate of drug-likeness (QED) is 0.699. The van der Waals surface area contributed by atoms with E-state index in [0.29, 0.717) is 5.70 Å². The summed E-state index contributed by atoms with van der Waals surface area (Å²) in [6.45, 7) is 2.26. The highest BCUT2D eigenvalue weighted by Gasteiger charge is 2.33. The van der Waals surface area contributed by atoms with Crippen LogP contribution in [0.3, 0.4) is 0 Å². The van der Waals surface area contributed by atoms with Crippen LogP contribution in [0.4, 0.5) is 4.79 Å². The lowest BCUT2D eigenvalue weighted by molar-refractivity contribution is -0.123. The summed E-state index contributed by atoms with van der Waals surface area (Å²) in [6.07, 6.45) is 1.74. The molecule has 5 heteroatoms. The Labute approximate surface area is 126 Å². The van der Waals surface area contributed by atoms with Crippen LogP contribution in [0.1, 0.15) is 16.0 Å². The molecule has 21 heavy (non-hydrogen) atoms. The molecule has 1 saturated heterocycles. The number of carbonyl (C=O) groups excluding carboxylic acids is 2. The lowest BCUT2D eigenvalue weighted by atomic mass is 10.2. The third kappa shape index (κ3) is 2.73. The molecule has 0 saturated carbocycles. The van der Waals surface area contributed by atoms with Gasteiger partial charge in [-0.1, -0.05) is 30.3 Å². The van der Waals surface area contributed by atoms with E-state index < -0.39 is 0 Å². The van der Waals surface area contributed by atoms with Gasteiger partial charge >= 0.3 is 6.03 Å². The van der Waals surface area contributed by atoms with E-state index in [1.54, 1.807) is 17.4 Å². The first-order chi connectivity index (χ1) is 10.1. The van der Waals surface area contributed by atoms with Gasteiger partial charge in [0.2, 0.25) is 0 Å². The molecule has 1 aliphatic rings. The lowest BCUT2D eigenvalue weighted by Gasteiger charge is -2.11. The molecule has 2 heterocycles. The number of hydrogen-bond donors (Lipinski definition) is 1. The second-order valence-electron chi connectivity index (χ2n) is 4.83. The van der Waals surface area contributed by atoms with Crippen LogP contribution in [0.5, 0.6) is 0 Å². The molecule has 1 aliphatic heterocycles. The molecular formula is C16H14N2O2S. The predicted molar refractivity (Wildman–Crippen MR) is 82.6 cm³/mol. The fourth-order valence-corrected chi connectivity index (χ4v) is 3.00. The summed E-state index contributed by atoms with van der Waals surface area (Å²) in [5.41, 5.74) is 2.35. The maximum atomic E-state index is 12.3. The second-order valence-corrected chi connectivity index (χ2v) is 5.78. The zero-order chi connectivity index (χ0) is 14.8. The summed E-state index contributed by atoms with van der Waals surface area (Å²) in [6, 6.07) is 11.1. The monoisotopic (exact) mass is 298 g/mol. The van der Waals surface area contributed by atoms with Gasteiger partial charge in [-0.25, -0.2) is 4.79 Å². The molecule has 3 amide bonds. The van der Waals surface area contributed by atoms with Gasteiger partial charge in [0, 0.05) is 4.88 Å². The number of thiophene rings is 1. The standard InChI is InChI=1S/C16H14N2O2S/c1-11-7-8-21-14(11)9-13-15(19)18(16(20)17-13)10-12-5-3-2-4-6-12/h2-9H,10H2,1H3,(H,17,20)/b13-9+. The third-order valence-corrected chi connectivity index (χ3v) is 4.29. The van der Waals surface area contributed by atoms with Gasteiger partial charge in [0.15, 0.2) is 0 Å². The molecular weight excluding hydrogens is 284 g/mol. The maximum Gasteiger partial charge on any atom is 0.329 e. The first-order valence-electron chi connectivity index (χ1n) is 6.58. The van der Waals surface area contributed by atoms with Crippen molar-refractivity contribution in [1.82, 2.24) is 10.2 Å². The molecule has 0 aliphatic carbocycles. The number of nitrogens with one attached hydrogen (secondary N) is 1. The number of imide groups is 1. The van der Waals surface area contributed by atoms with Crippen LogP contribution in [-0.2, 0) is 11.3 Å². The zero-order valence-corrected chi connectivity index (χ0v) is 12.3. The topological polar surface area (TPSA) is 49.4 Å². The third-order valence-electron chi connectivity index (χ3n) is 3.32. The number of benzene rings is 1. The Morgan fingerprint density at radius 1 is 1.19 bits per heavy atom. The minimum Gasteiger partial charge on any atom is -0.303 e. The first-order valence-corrected chi connectivity index (χ1v) is 7.45. The summed E-state index contributed by atoms with van der Waals surface area (Å²) < 4.78 is 0. The molecule has 1 N–H and O–H groups in total. The Morgan fingerprint density at radius 2 is 1.95 bits per heavy atom. The van der Waals surface area contributed by atoms with E-state index in [4.69, 9.17) is 0 Å². The Morgan fingerprint density at radius 3 is 2.62 bits per heavy atom. The lowest BCUT2D eigenvalue weighted by Crippen LogP contribution is -2.30. The number of urea groups is 1. The molecule has 1 aromatic heterocycles. The molecule has 2 aromatic rings. The Balaban J connectivity index is 1.83. The van der Waals surface area contributed by atoms with E-state index in [2.05, 4.69) is 5.32 Å². The number of carbonyl (C=O) groups is 2. The smallest absolute Gasteiger partial charge is 0.303 e. The van der Waals surface area contributed by atoms with Crippen LogP contribution in [-0.4, -0.2) is 16.8 Å². The van der Waals surface area contributed by atoms with Crippen molar-refractivity contribution in [2.45, 2.75) is 13.5 Å². The van der Waals surface area contributed by atoms with Crippen LogP contribution in [0.25, 0.3) is 6.08 Å². The Bertz CT molecular complexity index is 719. The molecule has 0 unspecified atom stereocenters. The van der Waals surface area contributed by atoms with Crippen LogP contribution in [0, 0.1) is 6.92 Å². The Kier molecular flexibility index (Phi) is 3.58. The number of rotatable bonds is 3. The molecule has 0 bridgehead atoms. The van der Waals surface area contributed by atoms with E-state index in [1.807, 2.05) is 48.7 Å². The normalized spacial score (nSPS) is 16.6. The van der Waals surface area contributed by atoms with Crippen molar-refractivity contribution in [1.29, 1.82) is 0 Å². The van der Waals surface area contributed by atoms with Crippen molar-refractivity contribution in [2.75, 3.05) is 0 Å². The largest absolute Gasteiger partial charge is 0.329 e. The van der Waals surface area contributed by atoms with Crippen molar-refractivity contribution in [3.8, 4) is 0 Å².